The first kappa shape index (κ1) is 11.8. The van der Waals surface area contributed by atoms with Crippen LogP contribution < -0.4 is 0 Å². The minimum Gasteiger partial charge on any atom is -0.326 e. The predicted molar refractivity (Wildman–Crippen MR) is 45.6 cm³/mol. The van der Waals surface area contributed by atoms with Gasteiger partial charge in [-0.2, -0.15) is 18.4 Å². The van der Waals surface area contributed by atoms with E-state index in [1.165, 1.54) is 0 Å². The number of alkyl halides is 3. The lowest BCUT2D eigenvalue weighted by molar-refractivity contribution is -0.163. The number of hydrogen-bond acceptors (Lipinski definition) is 2. The molecule has 0 radical (unpaired) electrons. The average Bonchev–Trinajstić information content (AvgIpc) is 2.15. The molecule has 0 bridgehead atoms. The molecule has 1 aliphatic heterocycles. The summed E-state index contributed by atoms with van der Waals surface area (Å²) in [7, 11) is 0. The van der Waals surface area contributed by atoms with Crippen LogP contribution in [0.4, 0.5) is 13.2 Å². The summed E-state index contributed by atoms with van der Waals surface area (Å²) in [6, 6.07) is 1.17. The summed E-state index contributed by atoms with van der Waals surface area (Å²) in [6.45, 7) is 0.257. The summed E-state index contributed by atoms with van der Waals surface area (Å²) in [6.07, 6.45) is -4.03. The molecule has 0 spiro atoms. The van der Waals surface area contributed by atoms with Crippen molar-refractivity contribution >= 4 is 5.91 Å². The van der Waals surface area contributed by atoms with Crippen LogP contribution in [0.3, 0.4) is 0 Å². The molecule has 0 saturated carbocycles. The SMILES string of the molecule is N#CC1CCCCN1C(=O)CC(F)(F)F. The Bertz CT molecular complexity index is 282. The van der Waals surface area contributed by atoms with E-state index in [-0.39, 0.29) is 6.54 Å². The van der Waals surface area contributed by atoms with Gasteiger partial charge in [0.15, 0.2) is 0 Å². The lowest BCUT2D eigenvalue weighted by Crippen LogP contribution is -2.44. The average molecular weight is 220 g/mol. The molecule has 1 heterocycles. The topological polar surface area (TPSA) is 44.1 Å². The first-order chi connectivity index (χ1) is 6.94. The van der Waals surface area contributed by atoms with E-state index in [0.717, 1.165) is 11.3 Å². The lowest BCUT2D eigenvalue weighted by atomic mass is 10.0. The van der Waals surface area contributed by atoms with Gasteiger partial charge in [0.25, 0.3) is 0 Å². The van der Waals surface area contributed by atoms with E-state index >= 15 is 0 Å². The molecule has 1 atom stereocenters. The van der Waals surface area contributed by atoms with Gasteiger partial charge in [0.05, 0.1) is 6.07 Å². The van der Waals surface area contributed by atoms with Crippen LogP contribution in [0.5, 0.6) is 0 Å². The number of nitriles is 1. The molecule has 84 valence electrons. The van der Waals surface area contributed by atoms with Gasteiger partial charge >= 0.3 is 6.18 Å². The van der Waals surface area contributed by atoms with Crippen molar-refractivity contribution in [1.29, 1.82) is 5.26 Å². The Balaban J connectivity index is 2.61. The monoisotopic (exact) mass is 220 g/mol. The highest BCUT2D eigenvalue weighted by atomic mass is 19.4. The Morgan fingerprint density at radius 2 is 2.13 bits per heavy atom. The third-order valence-electron chi connectivity index (χ3n) is 2.32. The van der Waals surface area contributed by atoms with Gasteiger partial charge in [0, 0.05) is 6.54 Å². The minimum atomic E-state index is -4.49. The second-order valence-electron chi connectivity index (χ2n) is 3.52. The highest BCUT2D eigenvalue weighted by Gasteiger charge is 2.36. The number of amides is 1. The van der Waals surface area contributed by atoms with Crippen molar-refractivity contribution in [3.63, 3.8) is 0 Å². The second-order valence-corrected chi connectivity index (χ2v) is 3.52. The fourth-order valence-electron chi connectivity index (χ4n) is 1.64. The molecule has 0 aliphatic carbocycles. The number of halogens is 3. The molecule has 6 heteroatoms. The molecular weight excluding hydrogens is 209 g/mol. The van der Waals surface area contributed by atoms with E-state index in [2.05, 4.69) is 0 Å². The van der Waals surface area contributed by atoms with Crippen molar-refractivity contribution in [2.24, 2.45) is 0 Å². The van der Waals surface area contributed by atoms with Crippen LogP contribution in [0, 0.1) is 11.3 Å². The second kappa shape index (κ2) is 4.51. The van der Waals surface area contributed by atoms with Gasteiger partial charge in [-0.25, -0.2) is 0 Å². The quantitative estimate of drug-likeness (QED) is 0.676. The highest BCUT2D eigenvalue weighted by molar-refractivity contribution is 5.77. The van der Waals surface area contributed by atoms with Gasteiger partial charge in [0.2, 0.25) is 5.91 Å². The number of hydrogen-bond donors (Lipinski definition) is 0. The zero-order chi connectivity index (χ0) is 11.5. The van der Waals surface area contributed by atoms with E-state index < -0.39 is 24.5 Å². The highest BCUT2D eigenvalue weighted by Crippen LogP contribution is 2.24. The van der Waals surface area contributed by atoms with Crippen molar-refractivity contribution in [3.8, 4) is 6.07 Å². The molecule has 1 fully saturated rings. The summed E-state index contributed by atoms with van der Waals surface area (Å²) < 4.78 is 35.9. The Morgan fingerprint density at radius 1 is 1.47 bits per heavy atom. The van der Waals surface area contributed by atoms with Gasteiger partial charge in [-0.05, 0) is 19.3 Å². The summed E-state index contributed by atoms with van der Waals surface area (Å²) >= 11 is 0. The molecule has 1 rings (SSSR count). The van der Waals surface area contributed by atoms with E-state index in [9.17, 15) is 18.0 Å². The zero-order valence-electron chi connectivity index (χ0n) is 8.05. The lowest BCUT2D eigenvalue weighted by Gasteiger charge is -2.31. The number of likely N-dealkylation sites (tertiary alicyclic amines) is 1. The maximum absolute atomic E-state index is 12.0. The third kappa shape index (κ3) is 3.42. The van der Waals surface area contributed by atoms with Crippen molar-refractivity contribution < 1.29 is 18.0 Å². The van der Waals surface area contributed by atoms with E-state index in [1.807, 2.05) is 6.07 Å². The van der Waals surface area contributed by atoms with E-state index in [4.69, 9.17) is 5.26 Å². The number of nitrogens with zero attached hydrogens (tertiary/aromatic N) is 2. The van der Waals surface area contributed by atoms with Crippen molar-refractivity contribution in [2.75, 3.05) is 6.54 Å². The van der Waals surface area contributed by atoms with Crippen LogP contribution in [0.15, 0.2) is 0 Å². The number of carbonyl (C=O) groups excluding carboxylic acids is 1. The molecule has 3 nitrogen and oxygen atoms in total. The number of piperidine rings is 1. The van der Waals surface area contributed by atoms with Crippen LogP contribution in [0.2, 0.25) is 0 Å². The minimum absolute atomic E-state index is 0.257. The number of carbonyl (C=O) groups is 1. The molecule has 1 saturated heterocycles. The van der Waals surface area contributed by atoms with Gasteiger partial charge in [-0.3, -0.25) is 4.79 Å². The van der Waals surface area contributed by atoms with Gasteiger partial charge < -0.3 is 4.90 Å². The molecule has 0 aromatic carbocycles. The Kier molecular flexibility index (Phi) is 3.56. The fourth-order valence-corrected chi connectivity index (χ4v) is 1.64. The van der Waals surface area contributed by atoms with Gasteiger partial charge in [-0.1, -0.05) is 0 Å². The van der Waals surface area contributed by atoms with Crippen LogP contribution in [0.1, 0.15) is 25.7 Å². The van der Waals surface area contributed by atoms with E-state index in [0.29, 0.717) is 12.8 Å². The smallest absolute Gasteiger partial charge is 0.326 e. The van der Waals surface area contributed by atoms with Crippen molar-refractivity contribution in [2.45, 2.75) is 37.9 Å². The summed E-state index contributed by atoms with van der Waals surface area (Å²) in [4.78, 5) is 12.3. The van der Waals surface area contributed by atoms with Crippen molar-refractivity contribution in [1.82, 2.24) is 4.90 Å². The van der Waals surface area contributed by atoms with Crippen LogP contribution in [-0.2, 0) is 4.79 Å². The normalized spacial score (nSPS) is 22.3. The molecule has 1 aliphatic rings. The molecular formula is C9H11F3N2O. The van der Waals surface area contributed by atoms with Crippen LogP contribution in [0.25, 0.3) is 0 Å². The molecule has 0 aromatic rings. The Morgan fingerprint density at radius 3 is 2.67 bits per heavy atom. The molecule has 0 N–H and O–H groups in total. The molecule has 1 amide bonds. The fraction of sp³-hybridized carbons (Fsp3) is 0.778. The number of rotatable bonds is 1. The molecule has 15 heavy (non-hydrogen) atoms. The Labute approximate surface area is 85.5 Å². The first-order valence-electron chi connectivity index (χ1n) is 4.70. The predicted octanol–water partition coefficient (Wildman–Crippen LogP) is 1.84. The summed E-state index contributed by atoms with van der Waals surface area (Å²) in [5.41, 5.74) is 0. The first-order valence-corrected chi connectivity index (χ1v) is 4.70. The Hall–Kier alpha value is -1.25. The summed E-state index contributed by atoms with van der Waals surface area (Å²) in [5, 5.41) is 8.68. The third-order valence-corrected chi connectivity index (χ3v) is 2.32. The molecule has 1 unspecified atom stereocenters. The van der Waals surface area contributed by atoms with Gasteiger partial charge in [0.1, 0.15) is 12.5 Å². The maximum atomic E-state index is 12.0. The van der Waals surface area contributed by atoms with E-state index in [1.54, 1.807) is 0 Å². The largest absolute Gasteiger partial charge is 0.397 e. The molecule has 0 aromatic heterocycles. The maximum Gasteiger partial charge on any atom is 0.397 e. The standard InChI is InChI=1S/C9H11F3N2O/c10-9(11,12)5-8(15)14-4-2-1-3-7(14)6-13/h7H,1-5H2. The van der Waals surface area contributed by atoms with Gasteiger partial charge in [-0.15, -0.1) is 0 Å². The zero-order valence-corrected chi connectivity index (χ0v) is 8.05. The summed E-state index contributed by atoms with van der Waals surface area (Å²) in [5.74, 6) is -0.992. The van der Waals surface area contributed by atoms with Crippen LogP contribution >= 0.6 is 0 Å². The van der Waals surface area contributed by atoms with Crippen LogP contribution in [-0.4, -0.2) is 29.6 Å². The van der Waals surface area contributed by atoms with Crippen molar-refractivity contribution in [3.05, 3.63) is 0 Å².